The standard InChI is InChI=1S/C25H27F4N5O4S.C25H30FN5O4S.C24H26F3N5O4S.C24H30FN5O4S/c1-14(2)13-38-18-11-16(10-17(26)12-18)20-9-8-19(23(31-20)34(4)15(3)25(27,28)29)24(35)33-39(36,37)22-7-5-6-21(30)32-22;1-15(2)14-35-19-12-17(11-18(26)13-19)21-10-9-20(24(28-21)31(5)16(3)4)25(32)30-36(33,34)23-8-6-7-22(27)29-23;1-14(2)13-36-17-10-15(9-16(25)11-17)19-8-7-18(23(29-19)32(3)12-20(26)27)24(33)31-37(34,35)22-6-4-5-21(28)30-22;1-6-30(16(4)5)23-20(24(31)29-35(32,33)22-9-10-26-28-22)7-8-21(27-23)17-11-18(25)13-19(12-17)34-14-15(2)3/h5-12,14-15H,13H2,1-4H3,(H2,30,32)(H,33,35);6-13,15-16H,14H2,1-5H3,(H2,27,29)(H,30,32);4-11,14,20H,12-13H2,1-3H3,(H2,28,30)(H,31,33);7-13,15-16H,6,14H2,1-5H3,(H,26,28)(H,29,31)/t15-;;;/m0.../s1. The Bertz CT molecular complexity index is 7170. The summed E-state index contributed by atoms with van der Waals surface area (Å²) in [6, 6.07) is 37.9. The Morgan fingerprint density at radius 1 is 0.381 bits per heavy atom. The van der Waals surface area contributed by atoms with E-state index in [9.17, 15) is 92.4 Å². The number of amides is 4. The minimum atomic E-state index is -4.71. The van der Waals surface area contributed by atoms with Gasteiger partial charge in [0.2, 0.25) is 0 Å². The van der Waals surface area contributed by atoms with E-state index in [1.165, 1.54) is 147 Å². The van der Waals surface area contributed by atoms with Gasteiger partial charge in [0.15, 0.2) is 20.1 Å². The molecule has 11 N–H and O–H groups in total. The van der Waals surface area contributed by atoms with Crippen LogP contribution in [0.3, 0.4) is 0 Å². The SMILES string of the molecule is CC(C)COc1cc(F)cc(-c2ccc(C(=O)NS(=O)(=O)c3cccc(N)n3)c(N(C)C(C)C)n2)c1.CC(C)COc1cc(F)cc(-c2ccc(C(=O)NS(=O)(=O)c3cccc(N)n3)c(N(C)CC(F)F)n2)c1.CC(C)COc1cc(F)cc(-c2ccc(C(=O)NS(=O)(=O)c3cccc(N)n3)c(N(C)[C@@H](C)C(F)(F)F)n2)c1.CCN(c1nc(-c2cc(F)cc(OCC(C)C)c2)ccc1C(=O)NS(=O)(=O)c1ccn[nH]1)C(C)C. The van der Waals surface area contributed by atoms with Crippen LogP contribution in [0.25, 0.3) is 45.0 Å². The van der Waals surface area contributed by atoms with E-state index in [1.54, 1.807) is 34.9 Å². The maximum absolute atomic E-state index is 14.4. The predicted molar refractivity (Wildman–Crippen MR) is 538 cm³/mol. The normalized spacial score (nSPS) is 11.9. The topological polar surface area (TPSA) is 500 Å². The second kappa shape index (κ2) is 50.2. The summed E-state index contributed by atoms with van der Waals surface area (Å²) >= 11 is 0. The molecule has 36 nitrogen and oxygen atoms in total. The van der Waals surface area contributed by atoms with Gasteiger partial charge in [-0.15, -0.1) is 0 Å². The number of nitrogens with one attached hydrogen (secondary N) is 5. The molecule has 0 aliphatic carbocycles. The van der Waals surface area contributed by atoms with Crippen LogP contribution in [-0.4, -0.2) is 194 Å². The number of carbonyl (C=O) groups is 4. The number of aromatic amines is 1. The maximum Gasteiger partial charge on any atom is 0.408 e. The van der Waals surface area contributed by atoms with Crippen LogP contribution in [0.2, 0.25) is 0 Å². The van der Waals surface area contributed by atoms with Crippen molar-refractivity contribution < 1.29 is 111 Å². The van der Waals surface area contributed by atoms with Crippen molar-refractivity contribution in [1.29, 1.82) is 0 Å². The van der Waals surface area contributed by atoms with Crippen LogP contribution in [0.5, 0.6) is 23.0 Å². The number of aromatic nitrogens is 9. The van der Waals surface area contributed by atoms with Gasteiger partial charge in [-0.3, -0.25) is 24.3 Å². The molecule has 0 unspecified atom stereocenters. The average molecular weight is 2130 g/mol. The van der Waals surface area contributed by atoms with Gasteiger partial charge in [0.05, 0.1) is 84.2 Å². The van der Waals surface area contributed by atoms with E-state index in [4.69, 9.17) is 36.1 Å². The number of hydrogen-bond donors (Lipinski definition) is 8. The summed E-state index contributed by atoms with van der Waals surface area (Å²) in [5.41, 5.74) is 18.3. The Hall–Kier alpha value is -15.0. The van der Waals surface area contributed by atoms with Gasteiger partial charge in [-0.2, -0.15) is 51.9 Å². The van der Waals surface area contributed by atoms with Crippen molar-refractivity contribution in [3.63, 3.8) is 0 Å². The molecule has 1 atom stereocenters. The van der Waals surface area contributed by atoms with Crippen LogP contribution in [-0.2, 0) is 40.1 Å². The predicted octanol–water partition coefficient (Wildman–Crippen LogP) is 16.0. The average Bonchev–Trinajstić information content (AvgIpc) is 1.24. The first-order valence-corrected chi connectivity index (χ1v) is 51.3. The highest BCUT2D eigenvalue weighted by molar-refractivity contribution is 7.90. The van der Waals surface area contributed by atoms with E-state index >= 15 is 0 Å². The number of ether oxygens (including phenoxy) is 4. The second-order valence-corrected chi connectivity index (χ2v) is 41.9. The molecular weight excluding hydrogens is 2010 g/mol. The first kappa shape index (κ1) is 116. The summed E-state index contributed by atoms with van der Waals surface area (Å²) < 4.78 is 256. The third kappa shape index (κ3) is 32.7. The molecule has 788 valence electrons. The number of carbonyl (C=O) groups excluding carboxylic acids is 4. The molecule has 49 heteroatoms. The number of halogens is 9. The molecular formula is C98H113F9N20O16S4. The van der Waals surface area contributed by atoms with Gasteiger partial charge in [-0.25, -0.2) is 80.1 Å². The number of pyridine rings is 7. The summed E-state index contributed by atoms with van der Waals surface area (Å²) in [4.78, 5) is 86.2. The maximum atomic E-state index is 14.4. The Kier molecular flexibility index (Phi) is 39.5. The molecule has 0 aliphatic rings. The van der Waals surface area contributed by atoms with Crippen LogP contribution in [0, 0.1) is 46.9 Å². The van der Waals surface area contributed by atoms with Crippen molar-refractivity contribution >= 4 is 104 Å². The second-order valence-electron chi connectivity index (χ2n) is 35.3. The molecule has 4 aromatic carbocycles. The number of benzene rings is 4. The Labute approximate surface area is 845 Å². The Morgan fingerprint density at radius 3 is 0.946 bits per heavy atom. The highest BCUT2D eigenvalue weighted by Gasteiger charge is 2.41. The number of alkyl halides is 5. The fraction of sp³-hybridized carbons (Fsp3) is 0.327. The number of nitrogens with two attached hydrogens (primary N) is 3. The summed E-state index contributed by atoms with van der Waals surface area (Å²) in [5.74, 6) is -4.73. The molecule has 0 radical (unpaired) electrons. The molecule has 147 heavy (non-hydrogen) atoms. The van der Waals surface area contributed by atoms with Crippen LogP contribution in [0.15, 0.2) is 208 Å². The zero-order valence-electron chi connectivity index (χ0n) is 82.9. The molecule has 0 saturated heterocycles. The molecule has 0 fully saturated rings. The third-order valence-corrected chi connectivity index (χ3v) is 25.7. The largest absolute Gasteiger partial charge is 0.493 e. The van der Waals surface area contributed by atoms with Gasteiger partial charge in [-0.1, -0.05) is 73.6 Å². The molecule has 12 aromatic rings. The quantitative estimate of drug-likeness (QED) is 0.0167. The molecule has 8 heterocycles. The lowest BCUT2D eigenvalue weighted by atomic mass is 10.1. The van der Waals surface area contributed by atoms with Crippen molar-refractivity contribution in [2.45, 2.75) is 148 Å². The van der Waals surface area contributed by atoms with E-state index in [2.05, 4.69) is 49.8 Å². The van der Waals surface area contributed by atoms with Crippen molar-refractivity contribution in [3.05, 3.63) is 234 Å². The lowest BCUT2D eigenvalue weighted by Gasteiger charge is -2.29. The van der Waals surface area contributed by atoms with E-state index in [0.29, 0.717) is 71.9 Å². The zero-order chi connectivity index (χ0) is 109. The first-order valence-electron chi connectivity index (χ1n) is 45.4. The number of H-pyrrole nitrogens is 1. The van der Waals surface area contributed by atoms with E-state index in [-0.39, 0.29) is 131 Å². The molecule has 0 spiro atoms. The molecule has 12 rings (SSSR count). The number of nitrogens with zero attached hydrogens (tertiary/aromatic N) is 12. The fourth-order valence-electron chi connectivity index (χ4n) is 13.2. The first-order chi connectivity index (χ1) is 68.8. The monoisotopic (exact) mass is 2120 g/mol. The van der Waals surface area contributed by atoms with Crippen molar-refractivity contribution in [2.24, 2.45) is 23.7 Å². The summed E-state index contributed by atoms with van der Waals surface area (Å²) in [7, 11) is -13.4. The molecule has 0 saturated carbocycles. The van der Waals surface area contributed by atoms with Gasteiger partial charge >= 0.3 is 6.18 Å². The minimum absolute atomic E-state index is 0.00316. The summed E-state index contributed by atoms with van der Waals surface area (Å²) in [6.07, 6.45) is -6.22. The lowest BCUT2D eigenvalue weighted by molar-refractivity contribution is -0.144. The molecule has 0 aliphatic heterocycles. The van der Waals surface area contributed by atoms with Gasteiger partial charge in [0, 0.05) is 86.3 Å². The lowest BCUT2D eigenvalue weighted by Crippen LogP contribution is -2.43. The Morgan fingerprint density at radius 2 is 0.673 bits per heavy atom. The van der Waals surface area contributed by atoms with Crippen LogP contribution in [0.4, 0.5) is 80.2 Å². The van der Waals surface area contributed by atoms with Crippen LogP contribution < -0.4 is 74.6 Å². The highest BCUT2D eigenvalue weighted by atomic mass is 32.2. The van der Waals surface area contributed by atoms with Gasteiger partial charge in [0.1, 0.15) is 93.0 Å². The summed E-state index contributed by atoms with van der Waals surface area (Å²) in [5, 5.41) is 4.27. The number of anilines is 7. The highest BCUT2D eigenvalue weighted by Crippen LogP contribution is 2.37. The van der Waals surface area contributed by atoms with Crippen molar-refractivity contribution in [2.75, 3.05) is 97.5 Å². The summed E-state index contributed by atoms with van der Waals surface area (Å²) in [6.45, 7) is 27.2. The van der Waals surface area contributed by atoms with E-state index < -0.39 is 134 Å². The minimum Gasteiger partial charge on any atom is -0.493 e. The van der Waals surface area contributed by atoms with E-state index in [1.807, 2.05) is 104 Å². The van der Waals surface area contributed by atoms with E-state index in [0.717, 1.165) is 49.2 Å². The smallest absolute Gasteiger partial charge is 0.408 e. The molecule has 0 bridgehead atoms. The Balaban J connectivity index is 0.000000218. The third-order valence-electron chi connectivity index (χ3n) is 20.7. The van der Waals surface area contributed by atoms with Crippen LogP contribution in [0.1, 0.15) is 138 Å². The molecule has 8 aromatic heterocycles. The zero-order valence-corrected chi connectivity index (χ0v) is 86.2. The number of hydrogen-bond acceptors (Lipinski definition) is 31. The van der Waals surface area contributed by atoms with Gasteiger partial charge in [-0.05, 0) is 205 Å². The number of sulfonamides is 4. The fourth-order valence-corrected chi connectivity index (χ4v) is 16.9. The van der Waals surface area contributed by atoms with Gasteiger partial charge < -0.3 is 55.7 Å². The number of rotatable bonds is 38. The van der Waals surface area contributed by atoms with Crippen LogP contribution >= 0.6 is 0 Å². The van der Waals surface area contributed by atoms with Crippen molar-refractivity contribution in [1.82, 2.24) is 64.0 Å². The van der Waals surface area contributed by atoms with Crippen molar-refractivity contribution in [3.8, 4) is 68.0 Å². The van der Waals surface area contributed by atoms with Gasteiger partial charge in [0.25, 0.3) is 70.1 Å². The molecule has 4 amide bonds. The number of nitrogen functional groups attached to an aromatic ring is 3.